The van der Waals surface area contributed by atoms with E-state index in [2.05, 4.69) is 4.98 Å². The van der Waals surface area contributed by atoms with Gasteiger partial charge in [-0.25, -0.2) is 14.6 Å². The number of pyridine rings is 1. The zero-order valence-electron chi connectivity index (χ0n) is 20.8. The Morgan fingerprint density at radius 1 is 0.744 bits per heavy atom. The first-order chi connectivity index (χ1) is 18.5. The SMILES string of the molecule is CN(C)c1ccc(C(=O)O)cc1.Clc1ccc(Cl)cc1.O=C(O)c1c2ccccc2nc2cc(O)cc(O)c12. The van der Waals surface area contributed by atoms with Gasteiger partial charge in [0.2, 0.25) is 0 Å². The van der Waals surface area contributed by atoms with Crippen molar-refractivity contribution < 1.29 is 30.0 Å². The van der Waals surface area contributed by atoms with Crippen molar-refractivity contribution in [2.45, 2.75) is 0 Å². The molecule has 0 fully saturated rings. The number of carbonyl (C=O) groups is 2. The maximum Gasteiger partial charge on any atom is 0.337 e. The predicted octanol–water partition coefficient (Wildman–Crippen LogP) is 6.94. The van der Waals surface area contributed by atoms with Crippen LogP contribution in [0.5, 0.6) is 11.5 Å². The monoisotopic (exact) mass is 566 g/mol. The Labute approximate surface area is 233 Å². The van der Waals surface area contributed by atoms with Crippen LogP contribution >= 0.6 is 23.2 Å². The number of nitrogens with zero attached hydrogens (tertiary/aromatic N) is 2. The third-order valence-corrected chi connectivity index (χ3v) is 5.90. The maximum absolute atomic E-state index is 11.5. The highest BCUT2D eigenvalue weighted by Gasteiger charge is 2.18. The minimum atomic E-state index is -1.15. The molecule has 8 nitrogen and oxygen atoms in total. The molecule has 0 saturated heterocycles. The maximum atomic E-state index is 11.5. The highest BCUT2D eigenvalue weighted by molar-refractivity contribution is 6.32. The van der Waals surface area contributed by atoms with Gasteiger partial charge < -0.3 is 25.3 Å². The highest BCUT2D eigenvalue weighted by Crippen LogP contribution is 2.35. The first-order valence-corrected chi connectivity index (χ1v) is 12.1. The summed E-state index contributed by atoms with van der Waals surface area (Å²) in [6, 6.07) is 23.0. The van der Waals surface area contributed by atoms with Crippen molar-refractivity contribution in [2.75, 3.05) is 19.0 Å². The van der Waals surface area contributed by atoms with Crippen LogP contribution in [0.3, 0.4) is 0 Å². The average Bonchev–Trinajstić information content (AvgIpc) is 2.89. The lowest BCUT2D eigenvalue weighted by Gasteiger charge is -2.11. The number of anilines is 1. The third-order valence-electron chi connectivity index (χ3n) is 5.39. The van der Waals surface area contributed by atoms with E-state index >= 15 is 0 Å². The highest BCUT2D eigenvalue weighted by atomic mass is 35.5. The number of aromatic carboxylic acids is 2. The second-order valence-electron chi connectivity index (χ2n) is 8.35. The van der Waals surface area contributed by atoms with Gasteiger partial charge in [0.05, 0.1) is 27.5 Å². The fourth-order valence-corrected chi connectivity index (χ4v) is 3.79. The number of halogens is 2. The number of rotatable bonds is 3. The van der Waals surface area contributed by atoms with Crippen molar-refractivity contribution in [3.05, 3.63) is 106 Å². The molecule has 0 aliphatic carbocycles. The Morgan fingerprint density at radius 2 is 1.31 bits per heavy atom. The topological polar surface area (TPSA) is 131 Å². The van der Waals surface area contributed by atoms with Crippen LogP contribution in [0, 0.1) is 0 Å². The minimum Gasteiger partial charge on any atom is -0.508 e. The first-order valence-electron chi connectivity index (χ1n) is 11.4. The normalized spacial score (nSPS) is 10.2. The summed E-state index contributed by atoms with van der Waals surface area (Å²) in [5, 5.41) is 39.3. The van der Waals surface area contributed by atoms with Crippen molar-refractivity contribution in [1.29, 1.82) is 0 Å². The molecule has 0 spiro atoms. The van der Waals surface area contributed by atoms with Crippen LogP contribution in [0.2, 0.25) is 10.0 Å². The van der Waals surface area contributed by atoms with Crippen LogP contribution in [0.25, 0.3) is 21.8 Å². The Kier molecular flexibility index (Phi) is 9.54. The largest absolute Gasteiger partial charge is 0.508 e. The molecule has 5 aromatic rings. The van der Waals surface area contributed by atoms with E-state index < -0.39 is 11.9 Å². The molecule has 39 heavy (non-hydrogen) atoms. The number of phenolic OH excluding ortho intramolecular Hbond substituents is 2. The molecule has 5 rings (SSSR count). The number of hydrogen-bond acceptors (Lipinski definition) is 6. The Hall–Kier alpha value is -4.53. The summed E-state index contributed by atoms with van der Waals surface area (Å²) in [6.07, 6.45) is 0. The summed E-state index contributed by atoms with van der Waals surface area (Å²) >= 11 is 11.1. The molecule has 200 valence electrons. The molecule has 0 aliphatic rings. The van der Waals surface area contributed by atoms with E-state index in [1.165, 1.54) is 6.07 Å². The van der Waals surface area contributed by atoms with Crippen molar-refractivity contribution in [3.8, 4) is 11.5 Å². The molecular weight excluding hydrogens is 543 g/mol. The van der Waals surface area contributed by atoms with Gasteiger partial charge >= 0.3 is 11.9 Å². The summed E-state index contributed by atoms with van der Waals surface area (Å²) < 4.78 is 0. The lowest BCUT2D eigenvalue weighted by atomic mass is 10.0. The van der Waals surface area contributed by atoms with Crippen molar-refractivity contribution in [3.63, 3.8) is 0 Å². The van der Waals surface area contributed by atoms with Crippen molar-refractivity contribution in [1.82, 2.24) is 4.98 Å². The third kappa shape index (κ3) is 7.50. The van der Waals surface area contributed by atoms with Gasteiger partial charge in [0.15, 0.2) is 0 Å². The van der Waals surface area contributed by atoms with Gasteiger partial charge in [0, 0.05) is 47.3 Å². The van der Waals surface area contributed by atoms with E-state index in [4.69, 9.17) is 28.3 Å². The quantitative estimate of drug-likeness (QED) is 0.173. The molecule has 0 saturated carbocycles. The molecule has 0 atom stereocenters. The van der Waals surface area contributed by atoms with E-state index in [1.807, 2.05) is 19.0 Å². The first kappa shape index (κ1) is 29.0. The van der Waals surface area contributed by atoms with Gasteiger partial charge in [-0.2, -0.15) is 0 Å². The number of fused-ring (bicyclic) bond motifs is 2. The minimum absolute atomic E-state index is 0.0156. The zero-order valence-corrected chi connectivity index (χ0v) is 22.4. The second-order valence-corrected chi connectivity index (χ2v) is 9.22. The smallest absolute Gasteiger partial charge is 0.337 e. The van der Waals surface area contributed by atoms with E-state index in [9.17, 15) is 24.9 Å². The Balaban J connectivity index is 0.000000180. The zero-order chi connectivity index (χ0) is 28.7. The second kappa shape index (κ2) is 12.8. The van der Waals surface area contributed by atoms with Gasteiger partial charge in [-0.15, -0.1) is 0 Å². The van der Waals surface area contributed by atoms with Crippen LogP contribution in [0.15, 0.2) is 84.9 Å². The van der Waals surface area contributed by atoms with E-state index in [-0.39, 0.29) is 28.0 Å². The van der Waals surface area contributed by atoms with Gasteiger partial charge in [-0.3, -0.25) is 0 Å². The van der Waals surface area contributed by atoms with Crippen molar-refractivity contribution in [2.24, 2.45) is 0 Å². The number of benzene rings is 4. The van der Waals surface area contributed by atoms with Gasteiger partial charge in [-0.1, -0.05) is 41.4 Å². The van der Waals surface area contributed by atoms with Crippen LogP contribution in [0.4, 0.5) is 5.69 Å². The molecule has 1 aromatic heterocycles. The number of hydrogen-bond donors (Lipinski definition) is 4. The Morgan fingerprint density at radius 3 is 1.82 bits per heavy atom. The van der Waals surface area contributed by atoms with Crippen LogP contribution < -0.4 is 4.90 Å². The van der Waals surface area contributed by atoms with Gasteiger partial charge in [0.25, 0.3) is 0 Å². The number of carboxylic acids is 2. The summed E-state index contributed by atoms with van der Waals surface area (Å²) in [5.74, 6) is -2.50. The number of aromatic nitrogens is 1. The lowest BCUT2D eigenvalue weighted by Crippen LogP contribution is -2.08. The van der Waals surface area contributed by atoms with E-state index in [0.29, 0.717) is 16.5 Å². The number of carboxylic acid groups (broad SMARTS) is 2. The van der Waals surface area contributed by atoms with Crippen LogP contribution in [0.1, 0.15) is 20.7 Å². The molecule has 4 aromatic carbocycles. The fourth-order valence-electron chi connectivity index (χ4n) is 3.54. The molecule has 0 unspecified atom stereocenters. The Bertz CT molecular complexity index is 1600. The summed E-state index contributed by atoms with van der Waals surface area (Å²) in [4.78, 5) is 28.1. The van der Waals surface area contributed by atoms with Crippen LogP contribution in [-0.2, 0) is 0 Å². The fraction of sp³-hybridized carbons (Fsp3) is 0.0690. The summed E-state index contributed by atoms with van der Waals surface area (Å²) in [7, 11) is 3.82. The molecular formula is C29H24Cl2N2O6. The molecule has 0 amide bonds. The summed E-state index contributed by atoms with van der Waals surface area (Å²) in [6.45, 7) is 0. The molecule has 0 bridgehead atoms. The van der Waals surface area contributed by atoms with Crippen molar-refractivity contribution >= 4 is 62.6 Å². The molecule has 0 aliphatic heterocycles. The summed E-state index contributed by atoms with van der Waals surface area (Å²) in [5.41, 5.74) is 2.05. The average molecular weight is 567 g/mol. The molecule has 0 radical (unpaired) electrons. The van der Waals surface area contributed by atoms with Gasteiger partial charge in [0.1, 0.15) is 11.5 Å². The number of para-hydroxylation sites is 1. The molecule has 10 heteroatoms. The lowest BCUT2D eigenvalue weighted by molar-refractivity contribution is 0.0688. The standard InChI is InChI=1S/C14H9NO4.C9H11NO2.C6H4Cl2/c16-7-5-10-13(11(17)6-7)12(14(18)19)8-3-1-2-4-9(8)15-10;1-10(2)8-5-3-7(4-6-8)9(11)12;7-5-1-2-6(8)4-3-5/h1-6,16-17H,(H,18,19);3-6H,1-2H3,(H,11,12);1-4H. The molecule has 4 N–H and O–H groups in total. The van der Waals surface area contributed by atoms with E-state index in [0.717, 1.165) is 21.8 Å². The van der Waals surface area contributed by atoms with E-state index in [1.54, 1.807) is 72.8 Å². The van der Waals surface area contributed by atoms with Gasteiger partial charge in [-0.05, 0) is 54.6 Å². The molecule has 1 heterocycles. The predicted molar refractivity (Wildman–Crippen MR) is 154 cm³/mol. The number of phenols is 2. The number of aromatic hydroxyl groups is 2. The van der Waals surface area contributed by atoms with Crippen LogP contribution in [-0.4, -0.2) is 51.4 Å².